The van der Waals surface area contributed by atoms with E-state index < -0.39 is 0 Å². The lowest BCUT2D eigenvalue weighted by atomic mass is 10.2. The fourth-order valence-corrected chi connectivity index (χ4v) is 1.96. The molecule has 1 amide bonds. The van der Waals surface area contributed by atoms with Gasteiger partial charge in [0.2, 0.25) is 5.91 Å². The minimum atomic E-state index is -0.298. The van der Waals surface area contributed by atoms with Crippen LogP contribution in [0.1, 0.15) is 26.3 Å². The van der Waals surface area contributed by atoms with E-state index in [1.807, 2.05) is 11.8 Å². The molecular weight excluding hydrogens is 220 g/mol. The Bertz CT molecular complexity index is 366. The molecule has 1 fully saturated rings. The van der Waals surface area contributed by atoms with Crippen molar-refractivity contribution in [2.45, 2.75) is 32.4 Å². The molecule has 0 spiro atoms. The van der Waals surface area contributed by atoms with E-state index in [0.717, 1.165) is 6.42 Å². The van der Waals surface area contributed by atoms with Gasteiger partial charge < -0.3 is 9.64 Å². The third kappa shape index (κ3) is 2.63. The molecule has 0 radical (unpaired) electrons. The van der Waals surface area contributed by atoms with Crippen molar-refractivity contribution in [1.29, 1.82) is 0 Å². The second-order valence-corrected chi connectivity index (χ2v) is 4.24. The number of carbonyl (C=O) groups is 1. The van der Waals surface area contributed by atoms with Gasteiger partial charge in [0, 0.05) is 13.1 Å². The number of carbonyl (C=O) groups excluding carboxylic acids is 1. The molecule has 17 heavy (non-hydrogen) atoms. The molecule has 6 nitrogen and oxygen atoms in total. The summed E-state index contributed by atoms with van der Waals surface area (Å²) in [5.74, 6) is 0.0808. The van der Waals surface area contributed by atoms with Crippen molar-refractivity contribution in [2.75, 3.05) is 19.7 Å². The molecule has 0 saturated carbocycles. The van der Waals surface area contributed by atoms with Gasteiger partial charge in [-0.2, -0.15) is 5.10 Å². The van der Waals surface area contributed by atoms with Crippen molar-refractivity contribution in [1.82, 2.24) is 19.7 Å². The lowest BCUT2D eigenvalue weighted by Gasteiger charge is -2.33. The van der Waals surface area contributed by atoms with Gasteiger partial charge in [-0.25, -0.2) is 9.67 Å². The second kappa shape index (κ2) is 5.27. The Morgan fingerprint density at radius 1 is 1.65 bits per heavy atom. The molecular formula is C11H18N4O2. The summed E-state index contributed by atoms with van der Waals surface area (Å²) < 4.78 is 7.13. The lowest BCUT2D eigenvalue weighted by molar-refractivity contribution is -0.142. The van der Waals surface area contributed by atoms with Crippen molar-refractivity contribution in [3.63, 3.8) is 0 Å². The Morgan fingerprint density at radius 2 is 2.47 bits per heavy atom. The number of nitrogens with zero attached hydrogens (tertiary/aromatic N) is 4. The van der Waals surface area contributed by atoms with E-state index >= 15 is 0 Å². The number of ether oxygens (including phenoxy) is 1. The maximum atomic E-state index is 12.2. The predicted octanol–water partition coefficient (Wildman–Crippen LogP) is 0.477. The van der Waals surface area contributed by atoms with Gasteiger partial charge in [0.25, 0.3) is 0 Å². The van der Waals surface area contributed by atoms with E-state index in [-0.39, 0.29) is 18.1 Å². The Hall–Kier alpha value is -1.43. The van der Waals surface area contributed by atoms with E-state index in [1.165, 1.54) is 6.33 Å². The van der Waals surface area contributed by atoms with Crippen molar-refractivity contribution in [3.8, 4) is 0 Å². The first-order valence-electron chi connectivity index (χ1n) is 5.97. The molecule has 2 atom stereocenters. The number of amides is 1. The molecule has 1 aromatic heterocycles. The SMILES string of the molecule is CCC1CN(C(=O)C(C)n2cncn2)CCO1. The maximum absolute atomic E-state index is 12.2. The van der Waals surface area contributed by atoms with E-state index in [9.17, 15) is 4.79 Å². The summed E-state index contributed by atoms with van der Waals surface area (Å²) in [5, 5.41) is 4.00. The first-order chi connectivity index (χ1) is 8.22. The molecule has 1 aliphatic rings. The first-order valence-corrected chi connectivity index (χ1v) is 5.97. The van der Waals surface area contributed by atoms with Crippen molar-refractivity contribution in [2.24, 2.45) is 0 Å². The number of rotatable bonds is 3. The molecule has 1 aliphatic heterocycles. The fraction of sp³-hybridized carbons (Fsp3) is 0.727. The van der Waals surface area contributed by atoms with Crippen molar-refractivity contribution < 1.29 is 9.53 Å². The molecule has 94 valence electrons. The second-order valence-electron chi connectivity index (χ2n) is 4.24. The van der Waals surface area contributed by atoms with Crippen LogP contribution in [0.3, 0.4) is 0 Å². The van der Waals surface area contributed by atoms with Crippen molar-refractivity contribution in [3.05, 3.63) is 12.7 Å². The van der Waals surface area contributed by atoms with Gasteiger partial charge in [-0.05, 0) is 13.3 Å². The molecule has 0 aromatic carbocycles. The zero-order chi connectivity index (χ0) is 12.3. The van der Waals surface area contributed by atoms with Gasteiger partial charge in [0.15, 0.2) is 0 Å². The number of morpholine rings is 1. The highest BCUT2D eigenvalue weighted by molar-refractivity contribution is 5.80. The average Bonchev–Trinajstić information content (AvgIpc) is 2.91. The van der Waals surface area contributed by atoms with Crippen LogP contribution in [0.2, 0.25) is 0 Å². The van der Waals surface area contributed by atoms with E-state index in [0.29, 0.717) is 19.7 Å². The summed E-state index contributed by atoms with van der Waals surface area (Å²) in [6, 6.07) is -0.298. The first kappa shape index (κ1) is 12.0. The summed E-state index contributed by atoms with van der Waals surface area (Å²) in [6.45, 7) is 5.87. The zero-order valence-corrected chi connectivity index (χ0v) is 10.2. The van der Waals surface area contributed by atoms with Gasteiger partial charge in [0.1, 0.15) is 18.7 Å². The zero-order valence-electron chi connectivity index (χ0n) is 10.2. The number of hydrogen-bond donors (Lipinski definition) is 0. The monoisotopic (exact) mass is 238 g/mol. The molecule has 1 saturated heterocycles. The molecule has 6 heteroatoms. The van der Waals surface area contributed by atoms with Gasteiger partial charge in [-0.15, -0.1) is 0 Å². The maximum Gasteiger partial charge on any atom is 0.247 e. The Balaban J connectivity index is 1.99. The van der Waals surface area contributed by atoms with Crippen LogP contribution in [0.15, 0.2) is 12.7 Å². The Labute approximate surface area is 101 Å². The molecule has 2 unspecified atom stereocenters. The third-order valence-corrected chi connectivity index (χ3v) is 3.10. The van der Waals surface area contributed by atoms with Gasteiger partial charge in [-0.1, -0.05) is 6.92 Å². The fourth-order valence-electron chi connectivity index (χ4n) is 1.96. The summed E-state index contributed by atoms with van der Waals surface area (Å²) in [5.41, 5.74) is 0. The summed E-state index contributed by atoms with van der Waals surface area (Å²) in [7, 11) is 0. The quantitative estimate of drug-likeness (QED) is 0.768. The van der Waals surface area contributed by atoms with Crippen LogP contribution in [0, 0.1) is 0 Å². The van der Waals surface area contributed by atoms with Crippen LogP contribution >= 0.6 is 0 Å². The van der Waals surface area contributed by atoms with Crippen LogP contribution in [0.4, 0.5) is 0 Å². The normalized spacial score (nSPS) is 22.5. The molecule has 1 aromatic rings. The van der Waals surface area contributed by atoms with Crippen LogP contribution in [-0.4, -0.2) is 51.4 Å². The van der Waals surface area contributed by atoms with Gasteiger partial charge in [0.05, 0.1) is 12.7 Å². The molecule has 0 aliphatic carbocycles. The average molecular weight is 238 g/mol. The lowest BCUT2D eigenvalue weighted by Crippen LogP contribution is -2.47. The smallest absolute Gasteiger partial charge is 0.247 e. The van der Waals surface area contributed by atoms with E-state index in [2.05, 4.69) is 17.0 Å². The Kier molecular flexibility index (Phi) is 3.73. The molecule has 0 bridgehead atoms. The topological polar surface area (TPSA) is 60.2 Å². The van der Waals surface area contributed by atoms with E-state index in [4.69, 9.17) is 4.74 Å². The molecule has 2 heterocycles. The number of hydrogen-bond acceptors (Lipinski definition) is 4. The Morgan fingerprint density at radius 3 is 3.12 bits per heavy atom. The predicted molar refractivity (Wildman–Crippen MR) is 61.3 cm³/mol. The minimum absolute atomic E-state index is 0.0808. The third-order valence-electron chi connectivity index (χ3n) is 3.10. The highest BCUT2D eigenvalue weighted by atomic mass is 16.5. The van der Waals surface area contributed by atoms with Gasteiger partial charge in [-0.3, -0.25) is 4.79 Å². The highest BCUT2D eigenvalue weighted by Gasteiger charge is 2.27. The summed E-state index contributed by atoms with van der Waals surface area (Å²) >= 11 is 0. The van der Waals surface area contributed by atoms with E-state index in [1.54, 1.807) is 11.0 Å². The minimum Gasteiger partial charge on any atom is -0.375 e. The van der Waals surface area contributed by atoms with Crippen LogP contribution in [0.5, 0.6) is 0 Å². The van der Waals surface area contributed by atoms with Crippen LogP contribution in [0.25, 0.3) is 0 Å². The van der Waals surface area contributed by atoms with Crippen molar-refractivity contribution >= 4 is 5.91 Å². The molecule has 0 N–H and O–H groups in total. The standard InChI is InChI=1S/C11H18N4O2/c1-3-10-6-14(4-5-17-10)11(16)9(2)15-8-12-7-13-15/h7-10H,3-6H2,1-2H3. The highest BCUT2D eigenvalue weighted by Crippen LogP contribution is 2.13. The van der Waals surface area contributed by atoms with Crippen LogP contribution in [-0.2, 0) is 9.53 Å². The van der Waals surface area contributed by atoms with Gasteiger partial charge >= 0.3 is 0 Å². The molecule has 2 rings (SSSR count). The largest absolute Gasteiger partial charge is 0.375 e. The number of aromatic nitrogens is 3. The summed E-state index contributed by atoms with van der Waals surface area (Å²) in [6.07, 6.45) is 4.11. The van der Waals surface area contributed by atoms with Crippen LogP contribution < -0.4 is 0 Å². The summed E-state index contributed by atoms with van der Waals surface area (Å²) in [4.78, 5) is 17.9.